The van der Waals surface area contributed by atoms with Gasteiger partial charge in [-0.05, 0) is 37.5 Å². The number of nitrogens with zero attached hydrogens (tertiary/aromatic N) is 6. The molecule has 0 bridgehead atoms. The molecule has 1 saturated carbocycles. The van der Waals surface area contributed by atoms with Crippen molar-refractivity contribution in [3.63, 3.8) is 0 Å². The van der Waals surface area contributed by atoms with Gasteiger partial charge in [0.2, 0.25) is 5.95 Å². The summed E-state index contributed by atoms with van der Waals surface area (Å²) in [5.74, 6) is 1.98. The van der Waals surface area contributed by atoms with Crippen molar-refractivity contribution in [1.29, 1.82) is 0 Å². The Morgan fingerprint density at radius 1 is 1.20 bits per heavy atom. The fourth-order valence-corrected chi connectivity index (χ4v) is 4.81. The smallest absolute Gasteiger partial charge is 0.256 e. The van der Waals surface area contributed by atoms with Gasteiger partial charge in [-0.1, -0.05) is 36.9 Å². The standard InChI is InChI=1S/C28H35ClN8O3/c1-19(10-31-18-32-17-30)40-26-9-21(7-8-24(26)29)22-11-33-28(34-12-22)35-25-13-37(23-5-3-2-4-6-23)36-27(25)39-16-20-14-38-15-20/h7-9,11-13,17-20,23H,2-6,10,14-16H2,1H3,(H2,30,31,32)(H,33,34,35)/t19-/m0/s1. The Bertz CT molecular complexity index is 1300. The summed E-state index contributed by atoms with van der Waals surface area (Å²) >= 11 is 6.39. The first-order chi connectivity index (χ1) is 19.6. The van der Waals surface area contributed by atoms with Gasteiger partial charge in [0.25, 0.3) is 5.88 Å². The molecule has 0 spiro atoms. The number of nitrogens with two attached hydrogens (primary N) is 1. The van der Waals surface area contributed by atoms with E-state index in [1.165, 1.54) is 31.9 Å². The molecule has 0 amide bonds. The van der Waals surface area contributed by atoms with Gasteiger partial charge in [0.15, 0.2) is 0 Å². The number of nitrogens with one attached hydrogen (secondary N) is 1. The average Bonchev–Trinajstić information content (AvgIpc) is 3.35. The first-order valence-electron chi connectivity index (χ1n) is 13.7. The highest BCUT2D eigenvalue weighted by molar-refractivity contribution is 6.32. The van der Waals surface area contributed by atoms with Crippen LogP contribution >= 0.6 is 11.6 Å². The van der Waals surface area contributed by atoms with E-state index in [1.54, 1.807) is 18.5 Å². The van der Waals surface area contributed by atoms with Gasteiger partial charge < -0.3 is 25.3 Å². The van der Waals surface area contributed by atoms with Gasteiger partial charge in [-0.2, -0.15) is 0 Å². The molecule has 2 aliphatic rings. The highest BCUT2D eigenvalue weighted by Crippen LogP contribution is 2.34. The largest absolute Gasteiger partial charge is 0.487 e. The number of halogens is 1. The maximum absolute atomic E-state index is 6.39. The molecule has 1 aromatic carbocycles. The second-order valence-corrected chi connectivity index (χ2v) is 10.5. The average molecular weight is 567 g/mol. The molecule has 1 saturated heterocycles. The summed E-state index contributed by atoms with van der Waals surface area (Å²) in [5, 5.41) is 8.60. The quantitative estimate of drug-likeness (QED) is 0.230. The van der Waals surface area contributed by atoms with E-state index in [1.807, 2.05) is 29.9 Å². The zero-order valence-electron chi connectivity index (χ0n) is 22.6. The molecule has 5 rings (SSSR count). The molecule has 1 aliphatic carbocycles. The van der Waals surface area contributed by atoms with Gasteiger partial charge >= 0.3 is 0 Å². The van der Waals surface area contributed by atoms with E-state index in [9.17, 15) is 0 Å². The summed E-state index contributed by atoms with van der Waals surface area (Å²) in [6, 6.07) is 5.96. The summed E-state index contributed by atoms with van der Waals surface area (Å²) < 4.78 is 19.4. The SMILES string of the molecule is C[C@@H](CN=CN=CN)Oc1cc(-c2cnc(Nc3cn(C4CCCCC4)nc3OCC3COC3)nc2)ccc1Cl. The number of hydrogen-bond acceptors (Lipinski definition) is 8. The van der Waals surface area contributed by atoms with Crippen molar-refractivity contribution < 1.29 is 14.2 Å². The molecular formula is C28H35ClN8O3. The predicted octanol–water partition coefficient (Wildman–Crippen LogP) is 5.05. The lowest BCUT2D eigenvalue weighted by molar-refractivity contribution is -0.0514. The van der Waals surface area contributed by atoms with E-state index in [0.29, 0.717) is 47.7 Å². The number of aliphatic imine (C=N–C) groups is 2. The van der Waals surface area contributed by atoms with Crippen LogP contribution in [0.3, 0.4) is 0 Å². The minimum atomic E-state index is -0.206. The number of ether oxygens (including phenoxy) is 3. The first kappa shape index (κ1) is 27.9. The van der Waals surface area contributed by atoms with Crippen molar-refractivity contribution in [2.24, 2.45) is 21.6 Å². The van der Waals surface area contributed by atoms with E-state index in [4.69, 9.17) is 36.6 Å². The maximum atomic E-state index is 6.39. The fourth-order valence-electron chi connectivity index (χ4n) is 4.65. The number of benzene rings is 1. The minimum absolute atomic E-state index is 0.206. The van der Waals surface area contributed by atoms with Gasteiger partial charge in [-0.15, -0.1) is 5.10 Å². The van der Waals surface area contributed by atoms with Crippen molar-refractivity contribution in [3.05, 3.63) is 41.8 Å². The molecule has 2 fully saturated rings. The van der Waals surface area contributed by atoms with Crippen molar-refractivity contribution in [2.75, 3.05) is 31.7 Å². The van der Waals surface area contributed by atoms with Crippen LogP contribution in [0.1, 0.15) is 45.1 Å². The summed E-state index contributed by atoms with van der Waals surface area (Å²) in [5.41, 5.74) is 7.68. The minimum Gasteiger partial charge on any atom is -0.487 e. The van der Waals surface area contributed by atoms with Crippen LogP contribution in [-0.2, 0) is 4.74 Å². The Morgan fingerprint density at radius 3 is 2.73 bits per heavy atom. The van der Waals surface area contributed by atoms with E-state index < -0.39 is 0 Å². The molecule has 1 atom stereocenters. The van der Waals surface area contributed by atoms with Crippen molar-refractivity contribution in [1.82, 2.24) is 19.7 Å². The van der Waals surface area contributed by atoms with Crippen LogP contribution in [0.2, 0.25) is 5.02 Å². The van der Waals surface area contributed by atoms with E-state index in [0.717, 1.165) is 42.9 Å². The third kappa shape index (κ3) is 7.28. The predicted molar refractivity (Wildman–Crippen MR) is 156 cm³/mol. The highest BCUT2D eigenvalue weighted by atomic mass is 35.5. The normalized spacial score (nSPS) is 17.2. The molecular weight excluding hydrogens is 532 g/mol. The van der Waals surface area contributed by atoms with Crippen LogP contribution in [0.4, 0.5) is 11.6 Å². The van der Waals surface area contributed by atoms with Crippen LogP contribution in [0.5, 0.6) is 11.6 Å². The Morgan fingerprint density at radius 2 is 2.00 bits per heavy atom. The van der Waals surface area contributed by atoms with Gasteiger partial charge in [0.1, 0.15) is 23.9 Å². The molecule has 3 aromatic rings. The Hall–Kier alpha value is -3.70. The second kappa shape index (κ2) is 13.6. The van der Waals surface area contributed by atoms with Gasteiger partial charge in [-0.3, -0.25) is 9.67 Å². The molecule has 40 heavy (non-hydrogen) atoms. The Balaban J connectivity index is 1.27. The molecule has 11 nitrogen and oxygen atoms in total. The second-order valence-electron chi connectivity index (χ2n) is 10.1. The molecule has 3 N–H and O–H groups in total. The van der Waals surface area contributed by atoms with Crippen LogP contribution in [0.15, 0.2) is 46.8 Å². The molecule has 12 heteroatoms. The number of hydrogen-bond donors (Lipinski definition) is 2. The molecule has 2 aromatic heterocycles. The van der Waals surface area contributed by atoms with Crippen LogP contribution < -0.4 is 20.5 Å². The van der Waals surface area contributed by atoms with Crippen LogP contribution in [-0.4, -0.2) is 64.9 Å². The molecule has 0 unspecified atom stereocenters. The zero-order valence-corrected chi connectivity index (χ0v) is 23.3. The summed E-state index contributed by atoms with van der Waals surface area (Å²) in [4.78, 5) is 17.0. The summed E-state index contributed by atoms with van der Waals surface area (Å²) in [6.45, 7) is 4.35. The molecule has 212 valence electrons. The van der Waals surface area contributed by atoms with E-state index in [-0.39, 0.29) is 6.10 Å². The first-order valence-corrected chi connectivity index (χ1v) is 14.0. The van der Waals surface area contributed by atoms with Crippen LogP contribution in [0.25, 0.3) is 11.1 Å². The lowest BCUT2D eigenvalue weighted by Crippen LogP contribution is -2.32. The summed E-state index contributed by atoms with van der Waals surface area (Å²) in [6.07, 6.45) is 13.9. The maximum Gasteiger partial charge on any atom is 0.256 e. The topological polar surface area (TPSA) is 134 Å². The number of rotatable bonds is 12. The highest BCUT2D eigenvalue weighted by Gasteiger charge is 2.23. The fraction of sp³-hybridized carbons (Fsp3) is 0.464. The lowest BCUT2D eigenvalue weighted by Gasteiger charge is -2.25. The number of aromatic nitrogens is 4. The molecule has 0 radical (unpaired) electrons. The lowest BCUT2D eigenvalue weighted by atomic mass is 9.96. The van der Waals surface area contributed by atoms with Gasteiger partial charge in [0, 0.05) is 23.9 Å². The summed E-state index contributed by atoms with van der Waals surface area (Å²) in [7, 11) is 0. The third-order valence-electron chi connectivity index (χ3n) is 6.90. The van der Waals surface area contributed by atoms with Crippen molar-refractivity contribution >= 4 is 35.9 Å². The number of anilines is 2. The monoisotopic (exact) mass is 566 g/mol. The third-order valence-corrected chi connectivity index (χ3v) is 7.21. The van der Waals surface area contributed by atoms with Crippen LogP contribution in [0, 0.1) is 5.92 Å². The molecule has 1 aliphatic heterocycles. The van der Waals surface area contributed by atoms with Crippen molar-refractivity contribution in [2.45, 2.75) is 51.2 Å². The van der Waals surface area contributed by atoms with Crippen molar-refractivity contribution in [3.8, 4) is 22.8 Å². The van der Waals surface area contributed by atoms with Gasteiger partial charge in [-0.25, -0.2) is 15.0 Å². The van der Waals surface area contributed by atoms with E-state index >= 15 is 0 Å². The Labute approximate surface area is 238 Å². The molecule has 3 heterocycles. The zero-order chi connectivity index (χ0) is 27.7. The van der Waals surface area contributed by atoms with Gasteiger partial charge in [0.05, 0.1) is 50.0 Å². The Kier molecular flexibility index (Phi) is 9.46. The van der Waals surface area contributed by atoms with E-state index in [2.05, 4.69) is 25.3 Å².